The maximum absolute atomic E-state index is 11.7. The summed E-state index contributed by atoms with van der Waals surface area (Å²) in [6, 6.07) is 9.46. The number of anilines is 1. The average molecular weight is 363 g/mol. The van der Waals surface area contributed by atoms with Gasteiger partial charge in [0.25, 0.3) is 11.1 Å². The van der Waals surface area contributed by atoms with E-state index in [1.165, 1.54) is 6.33 Å². The molecule has 4 rings (SSSR count). The number of carbonyl (C=O) groups is 2. The maximum atomic E-state index is 11.7. The highest BCUT2D eigenvalue weighted by atomic mass is 32.2. The Kier molecular flexibility index (Phi) is 4.32. The summed E-state index contributed by atoms with van der Waals surface area (Å²) < 4.78 is 0. The summed E-state index contributed by atoms with van der Waals surface area (Å²) in [5.74, 6) is 0.318. The van der Waals surface area contributed by atoms with E-state index >= 15 is 0 Å². The smallest absolute Gasteiger partial charge is 0.290 e. The maximum Gasteiger partial charge on any atom is 0.290 e. The molecule has 0 atom stereocenters. The van der Waals surface area contributed by atoms with Crippen molar-refractivity contribution in [1.29, 1.82) is 0 Å². The molecule has 0 radical (unpaired) electrons. The third-order valence-electron chi connectivity index (χ3n) is 3.78. The van der Waals surface area contributed by atoms with E-state index in [0.29, 0.717) is 17.3 Å². The first-order valence-corrected chi connectivity index (χ1v) is 8.63. The summed E-state index contributed by atoms with van der Waals surface area (Å²) in [6.45, 7) is 0.581. The van der Waals surface area contributed by atoms with Crippen LogP contribution in [0.25, 0.3) is 17.0 Å². The molecule has 7 nitrogen and oxygen atoms in total. The van der Waals surface area contributed by atoms with Crippen molar-refractivity contribution < 1.29 is 9.59 Å². The standard InChI is InChI=1S/C18H13N5O2S/c24-17-15(26-18(25)23-17)7-11-3-4-14-13(6-11)16(22-10-21-14)20-9-12-2-1-5-19-8-12/h1-8,10H,9H2,(H,20,21,22)(H,23,24,25)/b15-7-. The zero-order valence-corrected chi connectivity index (χ0v) is 14.3. The fourth-order valence-corrected chi connectivity index (χ4v) is 3.25. The van der Waals surface area contributed by atoms with Crippen molar-refractivity contribution in [3.63, 3.8) is 0 Å². The first kappa shape index (κ1) is 16.2. The van der Waals surface area contributed by atoms with Gasteiger partial charge in [-0.15, -0.1) is 0 Å². The molecule has 128 valence electrons. The predicted molar refractivity (Wildman–Crippen MR) is 100 cm³/mol. The van der Waals surface area contributed by atoms with Crippen molar-refractivity contribution in [1.82, 2.24) is 20.3 Å². The topological polar surface area (TPSA) is 96.9 Å². The summed E-state index contributed by atoms with van der Waals surface area (Å²) in [5.41, 5.74) is 2.62. The fraction of sp³-hybridized carbons (Fsp3) is 0.0556. The second-order valence-corrected chi connectivity index (χ2v) is 6.58. The zero-order valence-electron chi connectivity index (χ0n) is 13.5. The fourth-order valence-electron chi connectivity index (χ4n) is 2.57. The van der Waals surface area contributed by atoms with Gasteiger partial charge in [-0.1, -0.05) is 12.1 Å². The van der Waals surface area contributed by atoms with E-state index in [2.05, 4.69) is 25.6 Å². The first-order valence-electron chi connectivity index (χ1n) is 7.81. The summed E-state index contributed by atoms with van der Waals surface area (Å²) in [6.07, 6.45) is 6.71. The van der Waals surface area contributed by atoms with Gasteiger partial charge < -0.3 is 5.32 Å². The van der Waals surface area contributed by atoms with Crippen LogP contribution in [0.1, 0.15) is 11.1 Å². The van der Waals surface area contributed by atoms with Crippen molar-refractivity contribution in [3.05, 3.63) is 65.1 Å². The molecule has 0 saturated carbocycles. The first-order chi connectivity index (χ1) is 12.7. The SMILES string of the molecule is O=C1NC(=O)/C(=C/c2ccc3ncnc(NCc4cccnc4)c3c2)S1. The number of pyridine rings is 1. The van der Waals surface area contributed by atoms with Crippen LogP contribution in [0.5, 0.6) is 0 Å². The Morgan fingerprint density at radius 3 is 2.88 bits per heavy atom. The quantitative estimate of drug-likeness (QED) is 0.688. The zero-order chi connectivity index (χ0) is 17.9. The number of amides is 2. The molecular weight excluding hydrogens is 350 g/mol. The van der Waals surface area contributed by atoms with E-state index in [-0.39, 0.29) is 11.1 Å². The van der Waals surface area contributed by atoms with Gasteiger partial charge in [0.05, 0.1) is 10.4 Å². The van der Waals surface area contributed by atoms with E-state index in [4.69, 9.17) is 0 Å². The minimum absolute atomic E-state index is 0.357. The largest absolute Gasteiger partial charge is 0.365 e. The normalized spacial score (nSPS) is 15.5. The van der Waals surface area contributed by atoms with Crippen molar-refractivity contribution in [2.45, 2.75) is 6.54 Å². The highest BCUT2D eigenvalue weighted by Gasteiger charge is 2.24. The van der Waals surface area contributed by atoms with Gasteiger partial charge in [-0.05, 0) is 47.2 Å². The van der Waals surface area contributed by atoms with E-state index in [0.717, 1.165) is 33.8 Å². The Morgan fingerprint density at radius 2 is 2.12 bits per heavy atom. The summed E-state index contributed by atoms with van der Waals surface area (Å²) in [7, 11) is 0. The Bertz CT molecular complexity index is 1040. The highest BCUT2D eigenvalue weighted by molar-refractivity contribution is 8.18. The van der Waals surface area contributed by atoms with Gasteiger partial charge in [-0.3, -0.25) is 19.9 Å². The lowest BCUT2D eigenvalue weighted by atomic mass is 10.1. The summed E-state index contributed by atoms with van der Waals surface area (Å²) in [5, 5.41) is 6.01. The number of imide groups is 1. The second kappa shape index (κ2) is 6.93. The van der Waals surface area contributed by atoms with Gasteiger partial charge in [-0.25, -0.2) is 9.97 Å². The molecule has 26 heavy (non-hydrogen) atoms. The van der Waals surface area contributed by atoms with Crippen LogP contribution >= 0.6 is 11.8 Å². The molecule has 0 unspecified atom stereocenters. The lowest BCUT2D eigenvalue weighted by Gasteiger charge is -2.09. The molecule has 2 amide bonds. The van der Waals surface area contributed by atoms with Gasteiger partial charge in [0.2, 0.25) is 0 Å². The molecule has 0 aliphatic carbocycles. The van der Waals surface area contributed by atoms with E-state index in [9.17, 15) is 9.59 Å². The van der Waals surface area contributed by atoms with Gasteiger partial charge in [0.15, 0.2) is 0 Å². The van der Waals surface area contributed by atoms with Gasteiger partial charge >= 0.3 is 0 Å². The van der Waals surface area contributed by atoms with Gasteiger partial charge in [-0.2, -0.15) is 0 Å². The van der Waals surface area contributed by atoms with Crippen molar-refractivity contribution in [2.24, 2.45) is 0 Å². The molecule has 2 aromatic heterocycles. The minimum atomic E-state index is -0.376. The number of rotatable bonds is 4. The number of fused-ring (bicyclic) bond motifs is 1. The lowest BCUT2D eigenvalue weighted by molar-refractivity contribution is -0.115. The van der Waals surface area contributed by atoms with Crippen molar-refractivity contribution in [3.8, 4) is 0 Å². The molecule has 0 spiro atoms. The van der Waals surface area contributed by atoms with Crippen LogP contribution in [-0.4, -0.2) is 26.1 Å². The Morgan fingerprint density at radius 1 is 1.19 bits per heavy atom. The second-order valence-electron chi connectivity index (χ2n) is 5.57. The number of hydrogen-bond acceptors (Lipinski definition) is 7. The highest BCUT2D eigenvalue weighted by Crippen LogP contribution is 2.27. The molecular formula is C18H13N5O2S. The average Bonchev–Trinajstić information content (AvgIpc) is 2.98. The van der Waals surface area contributed by atoms with E-state index in [1.54, 1.807) is 18.5 Å². The summed E-state index contributed by atoms with van der Waals surface area (Å²) in [4.78, 5) is 36.1. The van der Waals surface area contributed by atoms with Crippen LogP contribution in [0.4, 0.5) is 10.6 Å². The molecule has 1 saturated heterocycles. The van der Waals surface area contributed by atoms with Crippen LogP contribution in [0, 0.1) is 0 Å². The van der Waals surface area contributed by atoms with Crippen LogP contribution in [0.3, 0.4) is 0 Å². The monoisotopic (exact) mass is 363 g/mol. The minimum Gasteiger partial charge on any atom is -0.365 e. The molecule has 0 bridgehead atoms. The van der Waals surface area contributed by atoms with Crippen molar-refractivity contribution in [2.75, 3.05) is 5.32 Å². The molecule has 1 fully saturated rings. The number of hydrogen-bond donors (Lipinski definition) is 2. The molecule has 8 heteroatoms. The number of nitrogens with one attached hydrogen (secondary N) is 2. The Balaban J connectivity index is 1.65. The number of aromatic nitrogens is 3. The summed E-state index contributed by atoms with van der Waals surface area (Å²) >= 11 is 0.893. The number of nitrogens with zero attached hydrogens (tertiary/aromatic N) is 3. The lowest BCUT2D eigenvalue weighted by Crippen LogP contribution is -2.17. The molecule has 1 aliphatic heterocycles. The molecule has 3 aromatic rings. The van der Waals surface area contributed by atoms with Gasteiger partial charge in [0, 0.05) is 24.3 Å². The Labute approximate surface area is 153 Å². The van der Waals surface area contributed by atoms with Crippen LogP contribution in [0.2, 0.25) is 0 Å². The molecule has 1 aliphatic rings. The third-order valence-corrected chi connectivity index (χ3v) is 4.59. The predicted octanol–water partition coefficient (Wildman–Crippen LogP) is 2.96. The van der Waals surface area contributed by atoms with Crippen LogP contribution < -0.4 is 10.6 Å². The van der Waals surface area contributed by atoms with E-state index < -0.39 is 0 Å². The Hall–Kier alpha value is -3.26. The molecule has 1 aromatic carbocycles. The number of thioether (sulfide) groups is 1. The molecule has 3 heterocycles. The third kappa shape index (κ3) is 3.40. The van der Waals surface area contributed by atoms with Gasteiger partial charge in [0.1, 0.15) is 12.1 Å². The molecule has 2 N–H and O–H groups in total. The number of carbonyl (C=O) groups excluding carboxylic acids is 2. The number of benzene rings is 1. The van der Waals surface area contributed by atoms with Crippen LogP contribution in [-0.2, 0) is 11.3 Å². The van der Waals surface area contributed by atoms with Crippen LogP contribution in [0.15, 0.2) is 54.0 Å². The van der Waals surface area contributed by atoms with E-state index in [1.807, 2.05) is 30.3 Å². The van der Waals surface area contributed by atoms with Crippen molar-refractivity contribution >= 4 is 45.7 Å².